The van der Waals surface area contributed by atoms with Gasteiger partial charge in [-0.15, -0.1) is 0 Å². The first-order valence-corrected chi connectivity index (χ1v) is 5.66. The van der Waals surface area contributed by atoms with E-state index in [9.17, 15) is 18.4 Å². The Morgan fingerprint density at radius 3 is 2.16 bits per heavy atom. The highest BCUT2D eigenvalue weighted by Crippen LogP contribution is 2.25. The average Bonchev–Trinajstić information content (AvgIpc) is 2.10. The van der Waals surface area contributed by atoms with Crippen molar-refractivity contribution in [2.24, 2.45) is 5.41 Å². The van der Waals surface area contributed by atoms with Crippen LogP contribution in [0.5, 0.6) is 0 Å². The third-order valence-electron chi connectivity index (χ3n) is 2.42. The zero-order valence-electron chi connectivity index (χ0n) is 10.7. The van der Waals surface area contributed by atoms with Crippen molar-refractivity contribution in [3.05, 3.63) is 29.8 Å². The number of halogens is 2. The van der Waals surface area contributed by atoms with Gasteiger partial charge in [0.2, 0.25) is 5.91 Å². The van der Waals surface area contributed by atoms with E-state index in [1.807, 2.05) is 0 Å². The second-order valence-corrected chi connectivity index (χ2v) is 5.12. The maximum Gasteiger partial charge on any atom is 0.303 e. The summed E-state index contributed by atoms with van der Waals surface area (Å²) in [5.41, 5.74) is -0.726. The molecule has 1 aromatic carbocycles. The molecule has 0 fully saturated rings. The van der Waals surface area contributed by atoms with Gasteiger partial charge in [0, 0.05) is 18.2 Å². The van der Waals surface area contributed by atoms with Crippen molar-refractivity contribution >= 4 is 17.6 Å². The molecule has 1 amide bonds. The van der Waals surface area contributed by atoms with Gasteiger partial charge in [-0.25, -0.2) is 8.78 Å². The summed E-state index contributed by atoms with van der Waals surface area (Å²) in [6.45, 7) is 3.26. The number of anilines is 1. The predicted octanol–water partition coefficient (Wildman–Crippen LogP) is 2.79. The van der Waals surface area contributed by atoms with Gasteiger partial charge in [0.25, 0.3) is 0 Å². The van der Waals surface area contributed by atoms with E-state index in [1.165, 1.54) is 0 Å². The molecule has 2 N–H and O–H groups in total. The van der Waals surface area contributed by atoms with E-state index < -0.39 is 28.9 Å². The third kappa shape index (κ3) is 5.46. The average molecular weight is 271 g/mol. The number of nitrogens with one attached hydrogen (secondary N) is 1. The van der Waals surface area contributed by atoms with Crippen LogP contribution < -0.4 is 5.32 Å². The SMILES string of the molecule is CC(C)(CC(=O)O)CC(=O)Nc1cc(F)cc(F)c1. The van der Waals surface area contributed by atoms with Crippen LogP contribution in [0.3, 0.4) is 0 Å². The summed E-state index contributed by atoms with van der Waals surface area (Å²) in [6.07, 6.45) is -0.227. The summed E-state index contributed by atoms with van der Waals surface area (Å²) in [5.74, 6) is -3.08. The van der Waals surface area contributed by atoms with E-state index in [2.05, 4.69) is 5.32 Å². The molecule has 6 heteroatoms. The molecule has 0 aliphatic carbocycles. The molecule has 1 aromatic rings. The van der Waals surface area contributed by atoms with Crippen LogP contribution in [0.15, 0.2) is 18.2 Å². The molecule has 0 aliphatic rings. The van der Waals surface area contributed by atoms with Gasteiger partial charge in [0.05, 0.1) is 6.42 Å². The van der Waals surface area contributed by atoms with E-state index >= 15 is 0 Å². The monoisotopic (exact) mass is 271 g/mol. The number of carboxylic acids is 1. The lowest BCUT2D eigenvalue weighted by Gasteiger charge is -2.21. The summed E-state index contributed by atoms with van der Waals surface area (Å²) >= 11 is 0. The standard InChI is InChI=1S/C13H15F2NO3/c1-13(2,7-12(18)19)6-11(17)16-10-4-8(14)3-9(15)5-10/h3-5H,6-7H2,1-2H3,(H,16,17)(H,18,19). The van der Waals surface area contributed by atoms with Crippen LogP contribution in [0.1, 0.15) is 26.7 Å². The number of carbonyl (C=O) groups is 2. The molecule has 19 heavy (non-hydrogen) atoms. The van der Waals surface area contributed by atoms with E-state index in [0.29, 0.717) is 6.07 Å². The Hall–Kier alpha value is -1.98. The summed E-state index contributed by atoms with van der Waals surface area (Å²) in [4.78, 5) is 22.3. The lowest BCUT2D eigenvalue weighted by molar-refractivity contribution is -0.139. The number of benzene rings is 1. The number of rotatable bonds is 5. The fourth-order valence-electron chi connectivity index (χ4n) is 1.74. The highest BCUT2D eigenvalue weighted by atomic mass is 19.1. The summed E-state index contributed by atoms with van der Waals surface area (Å²) in [7, 11) is 0. The van der Waals surface area contributed by atoms with Crippen LogP contribution in [0, 0.1) is 17.0 Å². The van der Waals surface area contributed by atoms with Crippen LogP contribution in [0.2, 0.25) is 0 Å². The third-order valence-corrected chi connectivity index (χ3v) is 2.42. The maximum atomic E-state index is 12.9. The molecule has 0 saturated carbocycles. The molecular formula is C13H15F2NO3. The number of carboxylic acid groups (broad SMARTS) is 1. The Kier molecular flexibility index (Phi) is 4.58. The van der Waals surface area contributed by atoms with Crippen molar-refractivity contribution in [3.8, 4) is 0 Å². The topological polar surface area (TPSA) is 66.4 Å². The molecule has 0 spiro atoms. The second-order valence-electron chi connectivity index (χ2n) is 5.12. The van der Waals surface area contributed by atoms with Crippen LogP contribution >= 0.6 is 0 Å². The molecule has 0 heterocycles. The van der Waals surface area contributed by atoms with Gasteiger partial charge in [0.1, 0.15) is 11.6 Å². The first-order chi connectivity index (χ1) is 8.68. The highest BCUT2D eigenvalue weighted by Gasteiger charge is 2.25. The smallest absolute Gasteiger partial charge is 0.303 e. The zero-order chi connectivity index (χ0) is 14.6. The molecule has 1 rings (SSSR count). The van der Waals surface area contributed by atoms with Gasteiger partial charge >= 0.3 is 5.97 Å². The molecule has 104 valence electrons. The number of hydrogen-bond acceptors (Lipinski definition) is 2. The molecule has 0 aromatic heterocycles. The van der Waals surface area contributed by atoms with Crippen molar-refractivity contribution in [1.29, 1.82) is 0 Å². The van der Waals surface area contributed by atoms with Gasteiger partial charge in [-0.05, 0) is 17.5 Å². The fraction of sp³-hybridized carbons (Fsp3) is 0.385. The van der Waals surface area contributed by atoms with Crippen LogP contribution in [-0.2, 0) is 9.59 Å². The van der Waals surface area contributed by atoms with E-state index in [0.717, 1.165) is 12.1 Å². The molecule has 0 atom stereocenters. The van der Waals surface area contributed by atoms with Crippen molar-refractivity contribution in [1.82, 2.24) is 0 Å². The van der Waals surface area contributed by atoms with Crippen molar-refractivity contribution in [3.63, 3.8) is 0 Å². The minimum atomic E-state index is -1.01. The minimum absolute atomic E-state index is 0.00799. The minimum Gasteiger partial charge on any atom is -0.481 e. The zero-order valence-corrected chi connectivity index (χ0v) is 10.7. The van der Waals surface area contributed by atoms with E-state index in [1.54, 1.807) is 13.8 Å². The van der Waals surface area contributed by atoms with E-state index in [4.69, 9.17) is 5.11 Å². The lowest BCUT2D eigenvalue weighted by Crippen LogP contribution is -2.24. The van der Waals surface area contributed by atoms with Crippen molar-refractivity contribution in [2.45, 2.75) is 26.7 Å². The highest BCUT2D eigenvalue weighted by molar-refractivity contribution is 5.91. The first-order valence-electron chi connectivity index (χ1n) is 5.66. The summed E-state index contributed by atoms with van der Waals surface area (Å²) in [5, 5.41) is 11.0. The molecule has 0 radical (unpaired) electrons. The normalized spacial score (nSPS) is 11.2. The number of amides is 1. The molecule has 0 saturated heterocycles. The number of aliphatic carboxylic acids is 1. The predicted molar refractivity (Wildman–Crippen MR) is 65.6 cm³/mol. The molecular weight excluding hydrogens is 256 g/mol. The van der Waals surface area contributed by atoms with Crippen LogP contribution in [0.25, 0.3) is 0 Å². The van der Waals surface area contributed by atoms with Crippen molar-refractivity contribution in [2.75, 3.05) is 5.32 Å². The summed E-state index contributed by atoms with van der Waals surface area (Å²) in [6, 6.07) is 2.68. The largest absolute Gasteiger partial charge is 0.481 e. The van der Waals surface area contributed by atoms with Gasteiger partial charge in [-0.3, -0.25) is 9.59 Å². The molecule has 0 unspecified atom stereocenters. The van der Waals surface area contributed by atoms with Crippen LogP contribution in [-0.4, -0.2) is 17.0 Å². The Morgan fingerprint density at radius 2 is 1.68 bits per heavy atom. The van der Waals surface area contributed by atoms with E-state index in [-0.39, 0.29) is 18.5 Å². The van der Waals surface area contributed by atoms with Gasteiger partial charge in [-0.1, -0.05) is 13.8 Å². The number of carbonyl (C=O) groups excluding carboxylic acids is 1. The Bertz CT molecular complexity index is 480. The lowest BCUT2D eigenvalue weighted by atomic mass is 9.85. The quantitative estimate of drug-likeness (QED) is 0.865. The van der Waals surface area contributed by atoms with Crippen molar-refractivity contribution < 1.29 is 23.5 Å². The maximum absolute atomic E-state index is 12.9. The van der Waals surface area contributed by atoms with Gasteiger partial charge in [-0.2, -0.15) is 0 Å². The molecule has 0 aliphatic heterocycles. The fourth-order valence-corrected chi connectivity index (χ4v) is 1.74. The molecule has 0 bridgehead atoms. The van der Waals surface area contributed by atoms with Gasteiger partial charge in [0.15, 0.2) is 0 Å². The Morgan fingerprint density at radius 1 is 1.16 bits per heavy atom. The first kappa shape index (κ1) is 15.1. The Labute approximate surface area is 109 Å². The molecule has 4 nitrogen and oxygen atoms in total. The summed E-state index contributed by atoms with van der Waals surface area (Å²) < 4.78 is 25.8. The Balaban J connectivity index is 2.67. The van der Waals surface area contributed by atoms with Gasteiger partial charge < -0.3 is 10.4 Å². The second kappa shape index (κ2) is 5.77. The van der Waals surface area contributed by atoms with Crippen LogP contribution in [0.4, 0.5) is 14.5 Å². The number of hydrogen-bond donors (Lipinski definition) is 2.